The van der Waals surface area contributed by atoms with E-state index in [4.69, 9.17) is 16.2 Å². The summed E-state index contributed by atoms with van der Waals surface area (Å²) in [6.07, 6.45) is 0.705. The SMILES string of the molecule is COC(=O)[C@](N)(CC(C)(C)C[C@@H](N)CS)N(C(=O)c1ccccc1)c1ccc2ccccc2c1. The second-order valence-electron chi connectivity index (χ2n) is 9.44. The van der Waals surface area contributed by atoms with Crippen molar-refractivity contribution in [3.8, 4) is 0 Å². The van der Waals surface area contributed by atoms with Gasteiger partial charge in [0.2, 0.25) is 0 Å². The fourth-order valence-corrected chi connectivity index (χ4v) is 4.68. The lowest BCUT2D eigenvalue weighted by Gasteiger charge is -2.43. The summed E-state index contributed by atoms with van der Waals surface area (Å²) in [7, 11) is 1.28. The molecule has 6 nitrogen and oxygen atoms in total. The fraction of sp³-hybridized carbons (Fsp3) is 0.333. The van der Waals surface area contributed by atoms with Gasteiger partial charge in [0.25, 0.3) is 5.91 Å². The molecule has 4 N–H and O–H groups in total. The average molecular weight is 480 g/mol. The number of thiol groups is 1. The molecule has 0 fully saturated rings. The van der Waals surface area contributed by atoms with Crippen LogP contribution in [0.15, 0.2) is 72.8 Å². The van der Waals surface area contributed by atoms with Crippen LogP contribution in [-0.2, 0) is 9.53 Å². The number of amides is 1. The summed E-state index contributed by atoms with van der Waals surface area (Å²) in [6, 6.07) is 22.0. The highest BCUT2D eigenvalue weighted by molar-refractivity contribution is 7.80. The average Bonchev–Trinajstić information content (AvgIpc) is 2.83. The lowest BCUT2D eigenvalue weighted by atomic mass is 9.77. The fourth-order valence-electron chi connectivity index (χ4n) is 4.55. The maximum Gasteiger partial charge on any atom is 0.347 e. The number of esters is 1. The molecule has 3 aromatic rings. The van der Waals surface area contributed by atoms with Crippen LogP contribution in [0, 0.1) is 5.41 Å². The molecule has 0 aromatic heterocycles. The zero-order valence-electron chi connectivity index (χ0n) is 19.9. The van der Waals surface area contributed by atoms with Gasteiger partial charge in [-0.05, 0) is 46.9 Å². The van der Waals surface area contributed by atoms with Gasteiger partial charge >= 0.3 is 5.97 Å². The first-order chi connectivity index (χ1) is 16.1. The van der Waals surface area contributed by atoms with Crippen molar-refractivity contribution in [3.63, 3.8) is 0 Å². The van der Waals surface area contributed by atoms with Gasteiger partial charge in [-0.1, -0.05) is 62.4 Å². The number of carbonyl (C=O) groups excluding carboxylic acids is 2. The first kappa shape index (κ1) is 25.7. The molecule has 0 saturated heterocycles. The second-order valence-corrected chi connectivity index (χ2v) is 9.81. The van der Waals surface area contributed by atoms with Crippen molar-refractivity contribution in [2.45, 2.75) is 38.4 Å². The minimum absolute atomic E-state index is 0.138. The number of fused-ring (bicyclic) bond motifs is 1. The van der Waals surface area contributed by atoms with Crippen LogP contribution in [0.25, 0.3) is 10.8 Å². The molecule has 2 atom stereocenters. The Labute approximate surface area is 206 Å². The van der Waals surface area contributed by atoms with E-state index in [9.17, 15) is 9.59 Å². The van der Waals surface area contributed by atoms with Crippen LogP contribution < -0.4 is 16.4 Å². The highest BCUT2D eigenvalue weighted by Gasteiger charge is 2.49. The van der Waals surface area contributed by atoms with Gasteiger partial charge < -0.3 is 10.5 Å². The zero-order valence-corrected chi connectivity index (χ0v) is 20.8. The molecule has 3 aromatic carbocycles. The molecule has 0 aliphatic heterocycles. The van der Waals surface area contributed by atoms with E-state index < -0.39 is 23.0 Å². The molecular formula is C27H33N3O3S. The number of ether oxygens (including phenoxy) is 1. The molecule has 0 heterocycles. The Kier molecular flexibility index (Phi) is 8.02. The summed E-state index contributed by atoms with van der Waals surface area (Å²) < 4.78 is 5.16. The summed E-state index contributed by atoms with van der Waals surface area (Å²) >= 11 is 4.30. The first-order valence-electron chi connectivity index (χ1n) is 11.2. The Morgan fingerprint density at radius 2 is 1.62 bits per heavy atom. The third kappa shape index (κ3) is 5.60. The van der Waals surface area contributed by atoms with Gasteiger partial charge in [0.1, 0.15) is 0 Å². The second kappa shape index (κ2) is 10.6. The summed E-state index contributed by atoms with van der Waals surface area (Å²) in [4.78, 5) is 28.6. The van der Waals surface area contributed by atoms with E-state index in [1.54, 1.807) is 30.3 Å². The van der Waals surface area contributed by atoms with E-state index in [0.717, 1.165) is 10.8 Å². The van der Waals surface area contributed by atoms with Gasteiger partial charge in [-0.3, -0.25) is 15.4 Å². The number of anilines is 1. The molecule has 0 bridgehead atoms. The van der Waals surface area contributed by atoms with Gasteiger partial charge in [-0.15, -0.1) is 0 Å². The Balaban J connectivity index is 2.19. The maximum atomic E-state index is 13.9. The lowest BCUT2D eigenvalue weighted by molar-refractivity contribution is -0.148. The van der Waals surface area contributed by atoms with E-state index in [1.807, 2.05) is 56.3 Å². The van der Waals surface area contributed by atoms with Gasteiger partial charge in [0, 0.05) is 29.5 Å². The van der Waals surface area contributed by atoms with E-state index in [0.29, 0.717) is 23.4 Å². The molecule has 3 rings (SSSR count). The summed E-state index contributed by atoms with van der Waals surface area (Å²) in [5.74, 6) is -0.591. The van der Waals surface area contributed by atoms with Gasteiger partial charge in [0.05, 0.1) is 7.11 Å². The maximum absolute atomic E-state index is 13.9. The quantitative estimate of drug-likeness (QED) is 0.240. The minimum Gasteiger partial charge on any atom is -0.466 e. The molecule has 0 saturated carbocycles. The Bertz CT molecular complexity index is 1150. The number of hydrogen-bond donors (Lipinski definition) is 3. The number of methoxy groups -OCH3 is 1. The molecule has 34 heavy (non-hydrogen) atoms. The predicted molar refractivity (Wildman–Crippen MR) is 141 cm³/mol. The highest BCUT2D eigenvalue weighted by atomic mass is 32.1. The van der Waals surface area contributed by atoms with Crippen molar-refractivity contribution in [3.05, 3.63) is 78.4 Å². The highest BCUT2D eigenvalue weighted by Crippen LogP contribution is 2.37. The van der Waals surface area contributed by atoms with Crippen LogP contribution in [0.4, 0.5) is 5.69 Å². The lowest BCUT2D eigenvalue weighted by Crippen LogP contribution is -2.66. The van der Waals surface area contributed by atoms with E-state index in [-0.39, 0.29) is 12.5 Å². The van der Waals surface area contributed by atoms with Crippen molar-refractivity contribution >= 4 is 41.0 Å². The normalized spacial score (nSPS) is 14.3. The molecule has 0 spiro atoms. The Morgan fingerprint density at radius 3 is 2.24 bits per heavy atom. The van der Waals surface area contributed by atoms with Gasteiger partial charge in [-0.25, -0.2) is 4.79 Å². The molecule has 0 aliphatic carbocycles. The van der Waals surface area contributed by atoms with Gasteiger partial charge in [-0.2, -0.15) is 12.6 Å². The molecule has 1 amide bonds. The molecule has 0 radical (unpaired) electrons. The minimum atomic E-state index is -1.77. The number of carbonyl (C=O) groups is 2. The van der Waals surface area contributed by atoms with Crippen molar-refractivity contribution in [1.29, 1.82) is 0 Å². The third-order valence-electron chi connectivity index (χ3n) is 5.95. The van der Waals surface area contributed by atoms with E-state index in [1.165, 1.54) is 12.0 Å². The largest absolute Gasteiger partial charge is 0.466 e. The molecular weight excluding hydrogens is 446 g/mol. The number of hydrogen-bond acceptors (Lipinski definition) is 6. The van der Waals surface area contributed by atoms with Crippen LogP contribution in [-0.4, -0.2) is 36.4 Å². The molecule has 7 heteroatoms. The topological polar surface area (TPSA) is 98.7 Å². The van der Waals surface area contributed by atoms with Crippen LogP contribution in [0.2, 0.25) is 0 Å². The van der Waals surface area contributed by atoms with Crippen molar-refractivity contribution in [1.82, 2.24) is 0 Å². The van der Waals surface area contributed by atoms with Crippen LogP contribution in [0.3, 0.4) is 0 Å². The predicted octanol–water partition coefficient (Wildman–Crippen LogP) is 4.38. The van der Waals surface area contributed by atoms with E-state index in [2.05, 4.69) is 12.6 Å². The Morgan fingerprint density at radius 1 is 1.00 bits per heavy atom. The van der Waals surface area contributed by atoms with Crippen LogP contribution in [0.1, 0.15) is 37.0 Å². The molecule has 0 unspecified atom stereocenters. The smallest absolute Gasteiger partial charge is 0.347 e. The molecule has 0 aliphatic rings. The molecule has 180 valence electrons. The Hall–Kier alpha value is -2.87. The standard InChI is InChI=1S/C27H33N3O3S/c1-26(2,16-22(28)17-34)18-27(29,25(32)33-3)30(24(31)20-10-5-4-6-11-20)23-14-13-19-9-7-8-12-21(19)15-23/h4-15,22,34H,16-18,28-29H2,1-3H3/t22-,27+/m1/s1. The first-order valence-corrected chi connectivity index (χ1v) is 11.9. The van der Waals surface area contributed by atoms with E-state index >= 15 is 0 Å². The van der Waals surface area contributed by atoms with Crippen molar-refractivity contribution < 1.29 is 14.3 Å². The van der Waals surface area contributed by atoms with Gasteiger partial charge in [0.15, 0.2) is 5.66 Å². The number of benzene rings is 3. The monoisotopic (exact) mass is 479 g/mol. The number of rotatable bonds is 9. The summed E-state index contributed by atoms with van der Waals surface area (Å²) in [6.45, 7) is 3.96. The van der Waals surface area contributed by atoms with Crippen molar-refractivity contribution in [2.75, 3.05) is 17.8 Å². The zero-order chi connectivity index (χ0) is 24.9. The third-order valence-corrected chi connectivity index (χ3v) is 6.42. The van der Waals surface area contributed by atoms with Crippen LogP contribution >= 0.6 is 12.6 Å². The number of nitrogens with two attached hydrogens (primary N) is 2. The number of nitrogens with zero attached hydrogens (tertiary/aromatic N) is 1. The summed E-state index contributed by atoms with van der Waals surface area (Å²) in [5.41, 5.74) is 11.7. The summed E-state index contributed by atoms with van der Waals surface area (Å²) in [5, 5.41) is 1.94. The van der Waals surface area contributed by atoms with Crippen molar-refractivity contribution in [2.24, 2.45) is 16.9 Å². The van der Waals surface area contributed by atoms with Crippen LogP contribution in [0.5, 0.6) is 0 Å².